The van der Waals surface area contributed by atoms with Crippen LogP contribution in [0.2, 0.25) is 0 Å². The normalized spacial score (nSPS) is 15.7. The van der Waals surface area contributed by atoms with Crippen LogP contribution < -0.4 is 5.30 Å². The van der Waals surface area contributed by atoms with Gasteiger partial charge in [-0.2, -0.15) is 9.78 Å². The molecular weight excluding hydrogens is 405 g/mol. The first-order valence-corrected chi connectivity index (χ1v) is 11.4. The molecule has 2 aromatic heterocycles. The highest BCUT2D eigenvalue weighted by Gasteiger charge is 2.27. The van der Waals surface area contributed by atoms with Gasteiger partial charge in [-0.3, -0.25) is 4.79 Å². The van der Waals surface area contributed by atoms with Gasteiger partial charge in [0.1, 0.15) is 0 Å². The molecule has 6 heteroatoms. The van der Waals surface area contributed by atoms with Gasteiger partial charge in [0.25, 0.3) is 5.91 Å². The van der Waals surface area contributed by atoms with Crippen LogP contribution in [0.5, 0.6) is 0 Å². The topological polar surface area (TPSA) is 49.1 Å². The molecule has 1 fully saturated rings. The van der Waals surface area contributed by atoms with Gasteiger partial charge in [0, 0.05) is 46.7 Å². The highest BCUT2D eigenvalue weighted by atomic mass is 31.0. The first-order valence-electron chi connectivity index (χ1n) is 10.8. The summed E-state index contributed by atoms with van der Waals surface area (Å²) in [5.41, 5.74) is 3.98. The molecule has 160 valence electrons. The molecule has 5 nitrogen and oxygen atoms in total. The fraction of sp³-hybridized carbons (Fsp3) is 0.360. The van der Waals surface area contributed by atoms with Crippen LogP contribution in [0.15, 0.2) is 48.7 Å². The quantitative estimate of drug-likeness (QED) is 0.415. The molecule has 1 aliphatic heterocycles. The Labute approximate surface area is 184 Å². The summed E-state index contributed by atoms with van der Waals surface area (Å²) in [6.45, 7) is 7.38. The van der Waals surface area contributed by atoms with E-state index < -0.39 is 5.41 Å². The van der Waals surface area contributed by atoms with Gasteiger partial charge >= 0.3 is 0 Å². The smallest absolute Gasteiger partial charge is 0.252 e. The number of hydrogen-bond acceptors (Lipinski definition) is 3. The Hall–Kier alpha value is -2.49. The van der Waals surface area contributed by atoms with Crippen molar-refractivity contribution in [2.45, 2.75) is 39.5 Å². The second-order valence-corrected chi connectivity index (χ2v) is 10.1. The Morgan fingerprint density at radius 2 is 1.71 bits per heavy atom. The van der Waals surface area contributed by atoms with Gasteiger partial charge in [0.05, 0.1) is 17.2 Å². The monoisotopic (exact) mass is 433 g/mol. The molecule has 0 N–H and O–H groups in total. The number of carbonyl (C=O) groups is 1. The number of rotatable bonds is 2. The third-order valence-corrected chi connectivity index (χ3v) is 6.53. The van der Waals surface area contributed by atoms with Crippen molar-refractivity contribution in [2.24, 2.45) is 5.41 Å². The van der Waals surface area contributed by atoms with E-state index in [4.69, 9.17) is 4.74 Å². The van der Waals surface area contributed by atoms with Crippen molar-refractivity contribution in [2.75, 3.05) is 13.2 Å². The fourth-order valence-electron chi connectivity index (χ4n) is 4.44. The van der Waals surface area contributed by atoms with E-state index in [2.05, 4.69) is 61.4 Å². The van der Waals surface area contributed by atoms with Crippen molar-refractivity contribution in [1.82, 2.24) is 14.3 Å². The van der Waals surface area contributed by atoms with E-state index in [1.807, 2.05) is 20.8 Å². The molecule has 2 aromatic carbocycles. The lowest BCUT2D eigenvalue weighted by molar-refractivity contribution is 0.0755. The summed E-state index contributed by atoms with van der Waals surface area (Å²) in [7, 11) is 2.75. The molecule has 3 heterocycles. The first-order chi connectivity index (χ1) is 14.8. The summed E-state index contributed by atoms with van der Waals surface area (Å²) in [6, 6.07) is 15.2. The van der Waals surface area contributed by atoms with Crippen LogP contribution in [0.25, 0.3) is 27.5 Å². The number of ether oxygens (including phenoxy) is 1. The molecule has 0 aliphatic carbocycles. The summed E-state index contributed by atoms with van der Waals surface area (Å²) in [6.07, 6.45) is 3.84. The summed E-state index contributed by atoms with van der Waals surface area (Å²) in [5.74, 6) is 0.453. The van der Waals surface area contributed by atoms with E-state index in [9.17, 15) is 4.79 Å². The number of fused-ring (bicyclic) bond motifs is 2. The zero-order valence-electron chi connectivity index (χ0n) is 18.3. The second-order valence-electron chi connectivity index (χ2n) is 9.46. The molecule has 1 atom stereocenters. The first kappa shape index (κ1) is 20.4. The highest BCUT2D eigenvalue weighted by molar-refractivity contribution is 7.27. The third-order valence-electron chi connectivity index (χ3n) is 6.14. The molecule has 4 aromatic rings. The standard InChI is InChI=1S/C25H28N3O2P/c1-25(2,3)24(29)28-23-13-17-12-21(16-8-10-30-11-9-16)27(19-4-6-20(31)7-5-19)22(17)14-18(23)15-26-28/h4-7,12-16H,8-11,31H2,1-3H3. The molecule has 0 saturated carbocycles. The Bertz CT molecular complexity index is 1270. The Morgan fingerprint density at radius 3 is 2.39 bits per heavy atom. The summed E-state index contributed by atoms with van der Waals surface area (Å²) < 4.78 is 9.55. The third kappa shape index (κ3) is 3.60. The number of hydrogen-bond donors (Lipinski definition) is 0. The van der Waals surface area contributed by atoms with Crippen molar-refractivity contribution >= 4 is 42.3 Å². The predicted octanol–water partition coefficient (Wildman–Crippen LogP) is 5.06. The minimum Gasteiger partial charge on any atom is -0.381 e. The van der Waals surface area contributed by atoms with Crippen LogP contribution in [-0.2, 0) is 4.74 Å². The van der Waals surface area contributed by atoms with E-state index in [0.717, 1.165) is 58.9 Å². The average Bonchev–Trinajstić information content (AvgIpc) is 3.33. The molecule has 1 unspecified atom stereocenters. The van der Waals surface area contributed by atoms with Crippen LogP contribution in [0.4, 0.5) is 0 Å². The number of benzene rings is 2. The number of aromatic nitrogens is 3. The largest absolute Gasteiger partial charge is 0.381 e. The molecule has 5 rings (SSSR count). The minimum absolute atomic E-state index is 0.00182. The van der Waals surface area contributed by atoms with Gasteiger partial charge < -0.3 is 9.30 Å². The van der Waals surface area contributed by atoms with Gasteiger partial charge in [0.2, 0.25) is 0 Å². The van der Waals surface area contributed by atoms with Gasteiger partial charge in [0.15, 0.2) is 0 Å². The van der Waals surface area contributed by atoms with Crippen molar-refractivity contribution < 1.29 is 9.53 Å². The van der Waals surface area contributed by atoms with E-state index in [1.165, 1.54) is 5.69 Å². The van der Waals surface area contributed by atoms with Gasteiger partial charge in [-0.1, -0.05) is 32.9 Å². The zero-order valence-corrected chi connectivity index (χ0v) is 19.4. The molecule has 0 bridgehead atoms. The molecule has 0 radical (unpaired) electrons. The molecule has 1 saturated heterocycles. The Morgan fingerprint density at radius 1 is 1.03 bits per heavy atom. The van der Waals surface area contributed by atoms with Crippen molar-refractivity contribution in [1.29, 1.82) is 0 Å². The predicted molar refractivity (Wildman–Crippen MR) is 129 cm³/mol. The fourth-order valence-corrected chi connectivity index (χ4v) is 4.63. The van der Waals surface area contributed by atoms with E-state index in [0.29, 0.717) is 5.92 Å². The Balaban J connectivity index is 1.74. The summed E-state index contributed by atoms with van der Waals surface area (Å²) >= 11 is 0. The molecule has 1 aliphatic rings. The van der Waals surface area contributed by atoms with Crippen molar-refractivity contribution in [3.8, 4) is 5.69 Å². The SMILES string of the molecule is CC(C)(C)C(=O)n1ncc2cc3c(cc(C4CCOCC4)n3-c3ccc(P)cc3)cc21. The average molecular weight is 433 g/mol. The number of nitrogens with zero attached hydrogens (tertiary/aromatic N) is 3. The second kappa shape index (κ2) is 7.58. The van der Waals surface area contributed by atoms with E-state index in [1.54, 1.807) is 10.9 Å². The maximum absolute atomic E-state index is 12.9. The van der Waals surface area contributed by atoms with Crippen LogP contribution in [0.3, 0.4) is 0 Å². The molecule has 0 spiro atoms. The minimum atomic E-state index is -0.493. The lowest BCUT2D eigenvalue weighted by Crippen LogP contribution is -2.27. The van der Waals surface area contributed by atoms with Gasteiger partial charge in [-0.15, -0.1) is 9.24 Å². The van der Waals surface area contributed by atoms with E-state index >= 15 is 0 Å². The van der Waals surface area contributed by atoms with Crippen LogP contribution in [0.1, 0.15) is 50.0 Å². The van der Waals surface area contributed by atoms with Crippen LogP contribution >= 0.6 is 9.24 Å². The lowest BCUT2D eigenvalue weighted by atomic mass is 9.95. The molecule has 0 amide bonds. The lowest BCUT2D eigenvalue weighted by Gasteiger charge is -2.24. The van der Waals surface area contributed by atoms with Gasteiger partial charge in [-0.25, -0.2) is 0 Å². The van der Waals surface area contributed by atoms with Crippen LogP contribution in [0, 0.1) is 5.41 Å². The van der Waals surface area contributed by atoms with Crippen molar-refractivity contribution in [3.63, 3.8) is 0 Å². The zero-order chi connectivity index (χ0) is 21.8. The summed E-state index contributed by atoms with van der Waals surface area (Å²) in [5, 5.41) is 7.70. The van der Waals surface area contributed by atoms with Gasteiger partial charge in [-0.05, 0) is 48.5 Å². The molecule has 31 heavy (non-hydrogen) atoms. The van der Waals surface area contributed by atoms with Crippen LogP contribution in [-0.4, -0.2) is 33.5 Å². The number of carbonyl (C=O) groups excluding carboxylic acids is 1. The highest BCUT2D eigenvalue weighted by Crippen LogP contribution is 2.36. The maximum atomic E-state index is 12.9. The molecular formula is C25H28N3O2P. The van der Waals surface area contributed by atoms with Crippen molar-refractivity contribution in [3.05, 3.63) is 54.4 Å². The van der Waals surface area contributed by atoms with E-state index in [-0.39, 0.29) is 5.91 Å². The Kier molecular flexibility index (Phi) is 4.99. The summed E-state index contributed by atoms with van der Waals surface area (Å²) in [4.78, 5) is 12.9. The maximum Gasteiger partial charge on any atom is 0.252 e.